The molecule has 1 atom stereocenters. The molecule has 76 valence electrons. The first-order valence-electron chi connectivity index (χ1n) is 4.27. The summed E-state index contributed by atoms with van der Waals surface area (Å²) in [7, 11) is 1.70. The van der Waals surface area contributed by atoms with E-state index < -0.39 is 11.8 Å². The average Bonchev–Trinajstić information content (AvgIpc) is 2.15. The number of benzene rings is 1. The first kappa shape index (κ1) is 10.7. The van der Waals surface area contributed by atoms with Crippen LogP contribution in [0.1, 0.15) is 28.9 Å². The topological polar surface area (TPSA) is 49.3 Å². The normalized spacial score (nSPS) is 12.5. The van der Waals surface area contributed by atoms with Crippen LogP contribution < -0.4 is 5.32 Å². The van der Waals surface area contributed by atoms with E-state index in [1.807, 2.05) is 0 Å². The Morgan fingerprint density at radius 3 is 2.71 bits per heavy atom. The van der Waals surface area contributed by atoms with Crippen LogP contribution in [0.3, 0.4) is 0 Å². The molecular formula is C10H12FNO2. The van der Waals surface area contributed by atoms with Crippen LogP contribution in [0.5, 0.6) is 0 Å². The Morgan fingerprint density at radius 1 is 1.57 bits per heavy atom. The molecule has 0 fully saturated rings. The summed E-state index contributed by atoms with van der Waals surface area (Å²) < 4.78 is 13.2. The molecule has 0 aliphatic rings. The molecule has 3 nitrogen and oxygen atoms in total. The minimum atomic E-state index is -1.24. The smallest absolute Gasteiger partial charge is 0.339 e. The summed E-state index contributed by atoms with van der Waals surface area (Å²) in [5, 5.41) is 11.7. The van der Waals surface area contributed by atoms with Crippen molar-refractivity contribution in [1.29, 1.82) is 0 Å². The first-order valence-corrected chi connectivity index (χ1v) is 4.27. The molecule has 4 heteroatoms. The fourth-order valence-corrected chi connectivity index (χ4v) is 1.28. The molecule has 1 rings (SSSR count). The summed E-state index contributed by atoms with van der Waals surface area (Å²) in [6.07, 6.45) is 0. The van der Waals surface area contributed by atoms with E-state index in [9.17, 15) is 9.18 Å². The van der Waals surface area contributed by atoms with Gasteiger partial charge in [0, 0.05) is 6.04 Å². The Kier molecular flexibility index (Phi) is 3.19. The molecule has 0 radical (unpaired) electrons. The molecule has 0 bridgehead atoms. The quantitative estimate of drug-likeness (QED) is 0.776. The minimum Gasteiger partial charge on any atom is -0.478 e. The van der Waals surface area contributed by atoms with Crippen LogP contribution in [0.2, 0.25) is 0 Å². The van der Waals surface area contributed by atoms with Crippen LogP contribution in [-0.2, 0) is 0 Å². The van der Waals surface area contributed by atoms with Gasteiger partial charge in [0.1, 0.15) is 5.82 Å². The van der Waals surface area contributed by atoms with Crippen molar-refractivity contribution in [2.75, 3.05) is 7.05 Å². The lowest BCUT2D eigenvalue weighted by molar-refractivity contribution is 0.0690. The van der Waals surface area contributed by atoms with Gasteiger partial charge in [-0.3, -0.25) is 0 Å². The number of carboxylic acid groups (broad SMARTS) is 1. The number of carbonyl (C=O) groups is 1. The van der Waals surface area contributed by atoms with Gasteiger partial charge in [-0.1, -0.05) is 12.1 Å². The second kappa shape index (κ2) is 4.19. The Hall–Kier alpha value is -1.42. The fraction of sp³-hybridized carbons (Fsp3) is 0.300. The lowest BCUT2D eigenvalue weighted by Crippen LogP contribution is -2.17. The Morgan fingerprint density at radius 2 is 2.21 bits per heavy atom. The van der Waals surface area contributed by atoms with Crippen molar-refractivity contribution in [2.24, 2.45) is 0 Å². The summed E-state index contributed by atoms with van der Waals surface area (Å²) in [6, 6.07) is 4.07. The highest BCUT2D eigenvalue weighted by Crippen LogP contribution is 2.20. The Balaban J connectivity index is 3.28. The number of carboxylic acids is 1. The second-order valence-corrected chi connectivity index (χ2v) is 3.02. The van der Waals surface area contributed by atoms with E-state index >= 15 is 0 Å². The molecule has 1 aromatic rings. The molecule has 14 heavy (non-hydrogen) atoms. The molecule has 0 heterocycles. The molecule has 2 N–H and O–H groups in total. The monoisotopic (exact) mass is 197 g/mol. The highest BCUT2D eigenvalue weighted by Gasteiger charge is 2.18. The zero-order chi connectivity index (χ0) is 10.7. The van der Waals surface area contributed by atoms with E-state index in [2.05, 4.69) is 5.32 Å². The lowest BCUT2D eigenvalue weighted by Gasteiger charge is -2.13. The molecular weight excluding hydrogens is 185 g/mol. The standard InChI is InChI=1S/C10H12FNO2/c1-6(12-2)7-4-3-5-8(11)9(7)10(13)14/h3-6,12H,1-2H3,(H,13,14)/t6-/m1/s1. The van der Waals surface area contributed by atoms with Crippen molar-refractivity contribution in [3.8, 4) is 0 Å². The third-order valence-corrected chi connectivity index (χ3v) is 2.16. The first-order chi connectivity index (χ1) is 6.57. The molecule has 0 aromatic heterocycles. The van der Waals surface area contributed by atoms with Gasteiger partial charge >= 0.3 is 5.97 Å². The van der Waals surface area contributed by atoms with Crippen LogP contribution in [0, 0.1) is 5.82 Å². The lowest BCUT2D eigenvalue weighted by atomic mass is 10.0. The van der Waals surface area contributed by atoms with Gasteiger partial charge in [-0.2, -0.15) is 0 Å². The van der Waals surface area contributed by atoms with E-state index in [0.29, 0.717) is 5.56 Å². The highest BCUT2D eigenvalue weighted by atomic mass is 19.1. The van der Waals surface area contributed by atoms with E-state index in [0.717, 1.165) is 6.07 Å². The number of nitrogens with one attached hydrogen (secondary N) is 1. The van der Waals surface area contributed by atoms with E-state index in [1.165, 1.54) is 6.07 Å². The maximum absolute atomic E-state index is 13.2. The van der Waals surface area contributed by atoms with Crippen molar-refractivity contribution >= 4 is 5.97 Å². The van der Waals surface area contributed by atoms with Gasteiger partial charge < -0.3 is 10.4 Å². The third kappa shape index (κ3) is 1.90. The van der Waals surface area contributed by atoms with Crippen molar-refractivity contribution in [1.82, 2.24) is 5.32 Å². The summed E-state index contributed by atoms with van der Waals surface area (Å²) in [5.74, 6) is -1.93. The zero-order valence-corrected chi connectivity index (χ0v) is 8.04. The average molecular weight is 197 g/mol. The van der Waals surface area contributed by atoms with Crippen molar-refractivity contribution in [3.63, 3.8) is 0 Å². The maximum Gasteiger partial charge on any atom is 0.339 e. The highest BCUT2D eigenvalue weighted by molar-refractivity contribution is 5.89. The number of rotatable bonds is 3. The van der Waals surface area contributed by atoms with Crippen LogP contribution in [-0.4, -0.2) is 18.1 Å². The predicted octanol–water partition coefficient (Wildman–Crippen LogP) is 1.80. The summed E-state index contributed by atoms with van der Waals surface area (Å²) in [4.78, 5) is 10.8. The molecule has 0 unspecified atom stereocenters. The number of aromatic carboxylic acids is 1. The number of hydrogen-bond acceptors (Lipinski definition) is 2. The third-order valence-electron chi connectivity index (χ3n) is 2.16. The molecule has 0 amide bonds. The van der Waals surface area contributed by atoms with Crippen LogP contribution in [0.25, 0.3) is 0 Å². The number of halogens is 1. The minimum absolute atomic E-state index is 0.184. The second-order valence-electron chi connectivity index (χ2n) is 3.02. The number of hydrogen-bond donors (Lipinski definition) is 2. The molecule has 1 aromatic carbocycles. The molecule has 0 spiro atoms. The largest absolute Gasteiger partial charge is 0.478 e. The fourth-order valence-electron chi connectivity index (χ4n) is 1.28. The summed E-state index contributed by atoms with van der Waals surface area (Å²) in [6.45, 7) is 1.78. The van der Waals surface area contributed by atoms with Crippen molar-refractivity contribution in [3.05, 3.63) is 35.1 Å². The van der Waals surface area contributed by atoms with E-state index in [1.54, 1.807) is 20.0 Å². The van der Waals surface area contributed by atoms with Gasteiger partial charge in [-0.05, 0) is 25.6 Å². The Labute approximate surface area is 81.6 Å². The molecule has 0 saturated carbocycles. The van der Waals surface area contributed by atoms with Gasteiger partial charge in [0.2, 0.25) is 0 Å². The van der Waals surface area contributed by atoms with Gasteiger partial charge in [0.05, 0.1) is 5.56 Å². The SMILES string of the molecule is CN[C@H](C)c1cccc(F)c1C(=O)O. The van der Waals surface area contributed by atoms with Crippen LogP contribution in [0.15, 0.2) is 18.2 Å². The zero-order valence-electron chi connectivity index (χ0n) is 8.04. The van der Waals surface area contributed by atoms with Gasteiger partial charge in [-0.15, -0.1) is 0 Å². The van der Waals surface area contributed by atoms with Gasteiger partial charge in [0.25, 0.3) is 0 Å². The summed E-state index contributed by atoms with van der Waals surface area (Å²) in [5.41, 5.74) is 0.203. The summed E-state index contributed by atoms with van der Waals surface area (Å²) >= 11 is 0. The van der Waals surface area contributed by atoms with Crippen LogP contribution in [0.4, 0.5) is 4.39 Å². The van der Waals surface area contributed by atoms with Crippen molar-refractivity contribution < 1.29 is 14.3 Å². The van der Waals surface area contributed by atoms with Crippen molar-refractivity contribution in [2.45, 2.75) is 13.0 Å². The van der Waals surface area contributed by atoms with Gasteiger partial charge in [-0.25, -0.2) is 9.18 Å². The van der Waals surface area contributed by atoms with E-state index in [-0.39, 0.29) is 11.6 Å². The molecule has 0 aliphatic heterocycles. The molecule has 0 aliphatic carbocycles. The Bertz CT molecular complexity index is 352. The van der Waals surface area contributed by atoms with E-state index in [4.69, 9.17) is 5.11 Å². The predicted molar refractivity (Wildman–Crippen MR) is 50.8 cm³/mol. The maximum atomic E-state index is 13.2. The molecule has 0 saturated heterocycles. The van der Waals surface area contributed by atoms with Gasteiger partial charge in [0.15, 0.2) is 0 Å². The van der Waals surface area contributed by atoms with Crippen LogP contribution >= 0.6 is 0 Å².